The van der Waals surface area contributed by atoms with Gasteiger partial charge in [0.2, 0.25) is 0 Å². The highest BCUT2D eigenvalue weighted by molar-refractivity contribution is 6.36. The lowest BCUT2D eigenvalue weighted by atomic mass is 10.2. The van der Waals surface area contributed by atoms with Crippen LogP contribution in [0, 0.1) is 0 Å². The molecule has 1 rings (SSSR count). The Labute approximate surface area is 99.0 Å². The van der Waals surface area contributed by atoms with E-state index in [-0.39, 0.29) is 6.03 Å². The third-order valence-corrected chi connectivity index (χ3v) is 2.73. The summed E-state index contributed by atoms with van der Waals surface area (Å²) in [6, 6.07) is 5.10. The second-order valence-corrected chi connectivity index (χ2v) is 3.93. The van der Waals surface area contributed by atoms with E-state index in [0.717, 1.165) is 5.56 Å². The summed E-state index contributed by atoms with van der Waals surface area (Å²) in [5, 5.41) is 3.66. The maximum atomic E-state index is 11.3. The Hall–Kier alpha value is -0.930. The van der Waals surface area contributed by atoms with E-state index in [4.69, 9.17) is 23.2 Å². The first-order chi connectivity index (χ1) is 7.06. The number of urea groups is 1. The van der Waals surface area contributed by atoms with Crippen molar-refractivity contribution in [2.75, 3.05) is 14.1 Å². The van der Waals surface area contributed by atoms with Gasteiger partial charge in [0, 0.05) is 36.2 Å². The number of nitrogens with zero attached hydrogens (tertiary/aromatic N) is 1. The highest BCUT2D eigenvalue weighted by Gasteiger charge is 2.11. The molecule has 2 amide bonds. The summed E-state index contributed by atoms with van der Waals surface area (Å²) in [6.07, 6.45) is 0. The maximum Gasteiger partial charge on any atom is 0.317 e. The first-order valence-electron chi connectivity index (χ1n) is 4.42. The van der Waals surface area contributed by atoms with Gasteiger partial charge in [0.05, 0.1) is 0 Å². The summed E-state index contributed by atoms with van der Waals surface area (Å²) >= 11 is 12.0. The zero-order valence-corrected chi connectivity index (χ0v) is 10.1. The van der Waals surface area contributed by atoms with Crippen LogP contribution in [0.3, 0.4) is 0 Å². The molecule has 0 unspecified atom stereocenters. The zero-order chi connectivity index (χ0) is 11.4. The van der Waals surface area contributed by atoms with Gasteiger partial charge >= 0.3 is 6.03 Å². The van der Waals surface area contributed by atoms with E-state index in [1.807, 2.05) is 0 Å². The molecule has 0 saturated carbocycles. The standard InChI is InChI=1S/C10H12Cl2N2O/c1-13-10(15)14(2)6-7-8(11)4-3-5-9(7)12/h3-5H,6H2,1-2H3,(H,13,15). The van der Waals surface area contributed by atoms with E-state index in [2.05, 4.69) is 5.32 Å². The molecule has 0 atom stereocenters. The van der Waals surface area contributed by atoms with Crippen molar-refractivity contribution in [3.63, 3.8) is 0 Å². The maximum absolute atomic E-state index is 11.3. The Morgan fingerprint density at radius 2 is 1.93 bits per heavy atom. The summed E-state index contributed by atoms with van der Waals surface area (Å²) in [6.45, 7) is 0.387. The topological polar surface area (TPSA) is 32.3 Å². The molecule has 1 aromatic rings. The largest absolute Gasteiger partial charge is 0.341 e. The molecule has 0 heterocycles. The van der Waals surface area contributed by atoms with Gasteiger partial charge < -0.3 is 10.2 Å². The normalized spacial score (nSPS) is 9.87. The van der Waals surface area contributed by atoms with Crippen LogP contribution in [0.25, 0.3) is 0 Å². The second-order valence-electron chi connectivity index (χ2n) is 3.11. The SMILES string of the molecule is CNC(=O)N(C)Cc1c(Cl)cccc1Cl. The molecule has 0 aromatic heterocycles. The fourth-order valence-electron chi connectivity index (χ4n) is 1.18. The van der Waals surface area contributed by atoms with Crippen molar-refractivity contribution in [3.05, 3.63) is 33.8 Å². The lowest BCUT2D eigenvalue weighted by molar-refractivity contribution is 0.209. The molecule has 0 aliphatic heterocycles. The van der Waals surface area contributed by atoms with Gasteiger partial charge in [-0.3, -0.25) is 0 Å². The van der Waals surface area contributed by atoms with Gasteiger partial charge in [-0.1, -0.05) is 29.3 Å². The average molecular weight is 247 g/mol. The number of hydrogen-bond donors (Lipinski definition) is 1. The molecule has 0 saturated heterocycles. The second kappa shape index (κ2) is 5.24. The highest BCUT2D eigenvalue weighted by atomic mass is 35.5. The molecule has 82 valence electrons. The van der Waals surface area contributed by atoms with Crippen LogP contribution in [0.4, 0.5) is 4.79 Å². The quantitative estimate of drug-likeness (QED) is 0.856. The van der Waals surface area contributed by atoms with Crippen molar-refractivity contribution < 1.29 is 4.79 Å². The minimum Gasteiger partial charge on any atom is -0.341 e. The third-order valence-electron chi connectivity index (χ3n) is 2.02. The molecule has 1 N–H and O–H groups in total. The lowest BCUT2D eigenvalue weighted by Gasteiger charge is -2.18. The number of halogens is 2. The molecule has 0 spiro atoms. The molecular weight excluding hydrogens is 235 g/mol. The Morgan fingerprint density at radius 1 is 1.40 bits per heavy atom. The van der Waals surface area contributed by atoms with E-state index in [1.165, 1.54) is 4.90 Å². The van der Waals surface area contributed by atoms with Crippen LogP contribution in [0.5, 0.6) is 0 Å². The smallest absolute Gasteiger partial charge is 0.317 e. The lowest BCUT2D eigenvalue weighted by Crippen LogP contribution is -2.34. The van der Waals surface area contributed by atoms with Crippen LogP contribution < -0.4 is 5.32 Å². The predicted molar refractivity (Wildman–Crippen MR) is 62.4 cm³/mol. The number of hydrogen-bond acceptors (Lipinski definition) is 1. The minimum atomic E-state index is -0.175. The van der Waals surface area contributed by atoms with Crippen LogP contribution in [0.1, 0.15) is 5.56 Å². The van der Waals surface area contributed by atoms with Crippen molar-refractivity contribution >= 4 is 29.2 Å². The van der Waals surface area contributed by atoms with Crippen molar-refractivity contribution in [1.82, 2.24) is 10.2 Å². The van der Waals surface area contributed by atoms with E-state index >= 15 is 0 Å². The number of nitrogens with one attached hydrogen (secondary N) is 1. The minimum absolute atomic E-state index is 0.175. The highest BCUT2D eigenvalue weighted by Crippen LogP contribution is 2.25. The average Bonchev–Trinajstić information content (AvgIpc) is 2.22. The summed E-state index contributed by atoms with van der Waals surface area (Å²) in [5.41, 5.74) is 0.756. The van der Waals surface area contributed by atoms with Crippen LogP contribution >= 0.6 is 23.2 Å². The Balaban J connectivity index is 2.85. The van der Waals surface area contributed by atoms with Gasteiger partial charge in [-0.25, -0.2) is 4.79 Å². The predicted octanol–water partition coefficient (Wildman–Crippen LogP) is 2.76. The molecule has 0 fully saturated rings. The molecule has 1 aromatic carbocycles. The molecule has 0 radical (unpaired) electrons. The number of carbonyl (C=O) groups is 1. The Kier molecular flexibility index (Phi) is 4.24. The van der Waals surface area contributed by atoms with Gasteiger partial charge in [-0.05, 0) is 12.1 Å². The van der Waals surface area contributed by atoms with E-state index in [0.29, 0.717) is 16.6 Å². The molecule has 3 nitrogen and oxygen atoms in total. The van der Waals surface area contributed by atoms with Crippen molar-refractivity contribution in [3.8, 4) is 0 Å². The van der Waals surface area contributed by atoms with Crippen molar-refractivity contribution in [1.29, 1.82) is 0 Å². The Bertz CT molecular complexity index is 348. The number of benzene rings is 1. The zero-order valence-electron chi connectivity index (χ0n) is 8.55. The van der Waals surface area contributed by atoms with E-state index in [9.17, 15) is 4.79 Å². The summed E-state index contributed by atoms with van der Waals surface area (Å²) in [7, 11) is 3.26. The van der Waals surface area contributed by atoms with Gasteiger partial charge in [0.1, 0.15) is 0 Å². The van der Waals surface area contributed by atoms with E-state index in [1.54, 1.807) is 32.3 Å². The molecular formula is C10H12Cl2N2O. The fourth-order valence-corrected chi connectivity index (χ4v) is 1.70. The van der Waals surface area contributed by atoms with Gasteiger partial charge in [0.25, 0.3) is 0 Å². The molecule has 15 heavy (non-hydrogen) atoms. The van der Waals surface area contributed by atoms with Crippen molar-refractivity contribution in [2.45, 2.75) is 6.54 Å². The van der Waals surface area contributed by atoms with Gasteiger partial charge in [0.15, 0.2) is 0 Å². The van der Waals surface area contributed by atoms with Gasteiger partial charge in [-0.2, -0.15) is 0 Å². The fraction of sp³-hybridized carbons (Fsp3) is 0.300. The van der Waals surface area contributed by atoms with Crippen molar-refractivity contribution in [2.24, 2.45) is 0 Å². The third kappa shape index (κ3) is 3.01. The first kappa shape index (κ1) is 12.1. The molecule has 5 heteroatoms. The first-order valence-corrected chi connectivity index (χ1v) is 5.17. The molecule has 0 aliphatic rings. The Morgan fingerprint density at radius 3 is 2.40 bits per heavy atom. The van der Waals surface area contributed by atoms with Crippen LogP contribution in [-0.4, -0.2) is 25.0 Å². The van der Waals surface area contributed by atoms with E-state index < -0.39 is 0 Å². The molecule has 0 aliphatic carbocycles. The van der Waals surface area contributed by atoms with Crippen LogP contribution in [0.15, 0.2) is 18.2 Å². The monoisotopic (exact) mass is 246 g/mol. The molecule has 0 bridgehead atoms. The number of amides is 2. The summed E-state index contributed by atoms with van der Waals surface area (Å²) in [5.74, 6) is 0. The number of carbonyl (C=O) groups excluding carboxylic acids is 1. The van der Waals surface area contributed by atoms with Crippen LogP contribution in [-0.2, 0) is 6.54 Å². The summed E-state index contributed by atoms with van der Waals surface area (Å²) in [4.78, 5) is 12.8. The van der Waals surface area contributed by atoms with Gasteiger partial charge in [-0.15, -0.1) is 0 Å². The van der Waals surface area contributed by atoms with Crippen LogP contribution in [0.2, 0.25) is 10.0 Å². The number of rotatable bonds is 2. The summed E-state index contributed by atoms with van der Waals surface area (Å²) < 4.78 is 0.